The lowest BCUT2D eigenvalue weighted by Crippen LogP contribution is -2.54. The van der Waals surface area contributed by atoms with E-state index >= 15 is 0 Å². The molecule has 3 amide bonds. The average Bonchev–Trinajstić information content (AvgIpc) is 2.94. The Morgan fingerprint density at radius 3 is 2.12 bits per heavy atom. The lowest BCUT2D eigenvalue weighted by atomic mass is 10.0. The number of carboxylic acid groups (broad SMARTS) is 1. The summed E-state index contributed by atoms with van der Waals surface area (Å²) in [7, 11) is 0. The zero-order chi connectivity index (χ0) is 30.0. The Balaban J connectivity index is 1.98. The van der Waals surface area contributed by atoms with E-state index in [0.717, 1.165) is 11.1 Å². The number of nitrogens with zero attached hydrogens (tertiary/aromatic N) is 1. The number of carbonyl (C=O) groups is 4. The molecule has 222 valence electrons. The van der Waals surface area contributed by atoms with Gasteiger partial charge in [0.1, 0.15) is 12.1 Å². The normalized spacial score (nSPS) is 12.0. The highest BCUT2D eigenvalue weighted by atomic mass is 16.4. The predicted molar refractivity (Wildman–Crippen MR) is 158 cm³/mol. The van der Waals surface area contributed by atoms with Crippen LogP contribution in [0.15, 0.2) is 59.6 Å². The van der Waals surface area contributed by atoms with E-state index in [-0.39, 0.29) is 12.4 Å². The quantitative estimate of drug-likeness (QED) is 0.0769. The first-order chi connectivity index (χ1) is 19.7. The first kappa shape index (κ1) is 32.8. The Hall–Kier alpha value is -4.45. The second kappa shape index (κ2) is 18.0. The first-order valence-electron chi connectivity index (χ1n) is 13.7. The Bertz CT molecular complexity index is 1150. The van der Waals surface area contributed by atoms with Crippen molar-refractivity contribution < 1.29 is 24.3 Å². The Morgan fingerprint density at radius 2 is 1.49 bits per heavy atom. The lowest BCUT2D eigenvalue weighted by molar-refractivity contribution is -0.141. The molecule has 2 rings (SSSR count). The van der Waals surface area contributed by atoms with Gasteiger partial charge < -0.3 is 38.3 Å². The first-order valence-corrected chi connectivity index (χ1v) is 13.7. The highest BCUT2D eigenvalue weighted by molar-refractivity contribution is 5.94. The maximum atomic E-state index is 13.1. The number of amides is 3. The van der Waals surface area contributed by atoms with E-state index in [1.807, 2.05) is 54.6 Å². The zero-order valence-electron chi connectivity index (χ0n) is 23.2. The Labute approximate surface area is 240 Å². The van der Waals surface area contributed by atoms with Crippen LogP contribution in [0, 0.1) is 0 Å². The van der Waals surface area contributed by atoms with Crippen LogP contribution in [0.2, 0.25) is 0 Å². The topological polar surface area (TPSA) is 215 Å². The van der Waals surface area contributed by atoms with E-state index in [0.29, 0.717) is 57.3 Å². The molecule has 0 aromatic heterocycles. The molecule has 12 nitrogen and oxygen atoms in total. The minimum absolute atomic E-state index is 0.000636. The summed E-state index contributed by atoms with van der Waals surface area (Å²) in [5.74, 6) is -2.93. The van der Waals surface area contributed by atoms with E-state index in [9.17, 15) is 24.3 Å². The van der Waals surface area contributed by atoms with Crippen molar-refractivity contribution in [1.82, 2.24) is 16.0 Å². The van der Waals surface area contributed by atoms with Crippen molar-refractivity contribution in [3.05, 3.63) is 60.2 Å². The van der Waals surface area contributed by atoms with Crippen LogP contribution in [-0.2, 0) is 25.6 Å². The van der Waals surface area contributed by atoms with Gasteiger partial charge in [-0.1, -0.05) is 54.6 Å². The van der Waals surface area contributed by atoms with Gasteiger partial charge in [-0.05, 0) is 55.3 Å². The number of carboxylic acids is 1. The molecule has 0 heterocycles. The lowest BCUT2D eigenvalue weighted by Gasteiger charge is -2.22. The minimum Gasteiger partial charge on any atom is -0.481 e. The van der Waals surface area contributed by atoms with Crippen LogP contribution in [0.1, 0.15) is 44.1 Å². The standard InChI is InChI=1S/C29H41N7O5/c30-15-5-4-10-23(27(40)33-16-6-7-17-34-29(31)32)36-28(41)24(19-26(38)39)35-25(37)18-20-11-13-22(14-12-20)21-8-2-1-3-9-21/h1-3,8-9,11-14,23-24H,4-7,10,15-19,30H2,(H,33,40)(H,35,37)(H,36,41)(H,38,39)(H4,31,32,34)/t23-,24-/m0/s1. The van der Waals surface area contributed by atoms with Gasteiger partial charge in [-0.3, -0.25) is 24.2 Å². The molecule has 2 atom stereocenters. The van der Waals surface area contributed by atoms with Crippen molar-refractivity contribution in [1.29, 1.82) is 0 Å². The van der Waals surface area contributed by atoms with E-state index in [4.69, 9.17) is 17.2 Å². The fourth-order valence-corrected chi connectivity index (χ4v) is 4.07. The number of nitrogens with one attached hydrogen (secondary N) is 3. The van der Waals surface area contributed by atoms with Crippen molar-refractivity contribution in [2.45, 2.75) is 57.0 Å². The molecule has 10 N–H and O–H groups in total. The molecule has 2 aromatic carbocycles. The predicted octanol–water partition coefficient (Wildman–Crippen LogP) is 0.639. The fourth-order valence-electron chi connectivity index (χ4n) is 4.07. The van der Waals surface area contributed by atoms with Crippen molar-refractivity contribution in [3.8, 4) is 11.1 Å². The summed E-state index contributed by atoms with van der Waals surface area (Å²) in [6.45, 7) is 1.21. The Morgan fingerprint density at radius 1 is 0.805 bits per heavy atom. The monoisotopic (exact) mass is 567 g/mol. The summed E-state index contributed by atoms with van der Waals surface area (Å²) in [6.07, 6.45) is 2.14. The van der Waals surface area contributed by atoms with Gasteiger partial charge in [0.15, 0.2) is 5.96 Å². The molecule has 0 spiro atoms. The number of aliphatic carboxylic acids is 1. The number of aliphatic imine (C=N–C) groups is 1. The van der Waals surface area contributed by atoms with Gasteiger partial charge in [-0.25, -0.2) is 0 Å². The van der Waals surface area contributed by atoms with E-state index in [2.05, 4.69) is 20.9 Å². The summed E-state index contributed by atoms with van der Waals surface area (Å²) in [6, 6.07) is 14.9. The van der Waals surface area contributed by atoms with Gasteiger partial charge in [-0.15, -0.1) is 0 Å². The molecule has 2 aromatic rings. The number of unbranched alkanes of at least 4 members (excludes halogenated alkanes) is 2. The third-order valence-corrected chi connectivity index (χ3v) is 6.21. The van der Waals surface area contributed by atoms with Gasteiger partial charge in [0.25, 0.3) is 0 Å². The van der Waals surface area contributed by atoms with E-state index in [1.54, 1.807) is 0 Å². The third kappa shape index (κ3) is 13.0. The molecular formula is C29H41N7O5. The second-order valence-electron chi connectivity index (χ2n) is 9.61. The van der Waals surface area contributed by atoms with Crippen LogP contribution in [0.25, 0.3) is 11.1 Å². The van der Waals surface area contributed by atoms with Gasteiger partial charge >= 0.3 is 5.97 Å². The molecule has 41 heavy (non-hydrogen) atoms. The van der Waals surface area contributed by atoms with Crippen molar-refractivity contribution in [2.24, 2.45) is 22.2 Å². The second-order valence-corrected chi connectivity index (χ2v) is 9.61. The molecule has 0 saturated carbocycles. The molecule has 0 fully saturated rings. The molecule has 0 unspecified atom stereocenters. The molecule has 0 aliphatic heterocycles. The number of hydrogen-bond acceptors (Lipinski definition) is 6. The molecule has 0 bridgehead atoms. The van der Waals surface area contributed by atoms with Gasteiger partial charge in [0.2, 0.25) is 17.7 Å². The fraction of sp³-hybridized carbons (Fsp3) is 0.414. The number of hydrogen-bond donors (Lipinski definition) is 7. The summed E-state index contributed by atoms with van der Waals surface area (Å²) in [4.78, 5) is 54.0. The van der Waals surface area contributed by atoms with Crippen molar-refractivity contribution in [2.75, 3.05) is 19.6 Å². The van der Waals surface area contributed by atoms with Crippen LogP contribution in [0.5, 0.6) is 0 Å². The van der Waals surface area contributed by atoms with Gasteiger partial charge in [0, 0.05) is 13.1 Å². The average molecular weight is 568 g/mol. The maximum Gasteiger partial charge on any atom is 0.305 e. The zero-order valence-corrected chi connectivity index (χ0v) is 23.2. The number of rotatable bonds is 18. The van der Waals surface area contributed by atoms with Crippen LogP contribution in [0.4, 0.5) is 0 Å². The molecular weight excluding hydrogens is 526 g/mol. The Kier molecular flexibility index (Phi) is 14.4. The molecule has 12 heteroatoms. The van der Waals surface area contributed by atoms with E-state index in [1.165, 1.54) is 0 Å². The number of benzene rings is 2. The molecule has 0 saturated heterocycles. The van der Waals surface area contributed by atoms with Crippen LogP contribution in [0.3, 0.4) is 0 Å². The van der Waals surface area contributed by atoms with Gasteiger partial charge in [0.05, 0.1) is 12.8 Å². The third-order valence-electron chi connectivity index (χ3n) is 6.21. The number of guanidine groups is 1. The number of carbonyl (C=O) groups excluding carboxylic acids is 3. The van der Waals surface area contributed by atoms with Crippen molar-refractivity contribution in [3.63, 3.8) is 0 Å². The summed E-state index contributed by atoms with van der Waals surface area (Å²) < 4.78 is 0. The SMILES string of the molecule is NCCCC[C@H](NC(=O)[C@H](CC(=O)O)NC(=O)Cc1ccc(-c2ccccc2)cc1)C(=O)NCCCCN=C(N)N. The van der Waals surface area contributed by atoms with Crippen LogP contribution < -0.4 is 33.2 Å². The van der Waals surface area contributed by atoms with Crippen molar-refractivity contribution >= 4 is 29.7 Å². The summed E-state index contributed by atoms with van der Waals surface area (Å²) >= 11 is 0. The summed E-state index contributed by atoms with van der Waals surface area (Å²) in [5, 5.41) is 17.3. The maximum absolute atomic E-state index is 13.1. The van der Waals surface area contributed by atoms with Crippen LogP contribution >= 0.6 is 0 Å². The molecule has 0 aliphatic rings. The highest BCUT2D eigenvalue weighted by Gasteiger charge is 2.28. The smallest absolute Gasteiger partial charge is 0.305 e. The van der Waals surface area contributed by atoms with Crippen LogP contribution in [-0.4, -0.2) is 66.5 Å². The summed E-state index contributed by atoms with van der Waals surface area (Å²) in [5.41, 5.74) is 18.9. The van der Waals surface area contributed by atoms with E-state index < -0.39 is 42.2 Å². The highest BCUT2D eigenvalue weighted by Crippen LogP contribution is 2.19. The molecule has 0 radical (unpaired) electrons. The number of nitrogens with two attached hydrogens (primary N) is 3. The largest absolute Gasteiger partial charge is 0.481 e. The van der Waals surface area contributed by atoms with Gasteiger partial charge in [-0.2, -0.15) is 0 Å². The molecule has 0 aliphatic carbocycles. The minimum atomic E-state index is -1.35.